The fraction of sp³-hybridized carbons (Fsp3) is 0.423. The maximum atomic E-state index is 9.22. The Bertz CT molecular complexity index is 909. The van der Waals surface area contributed by atoms with E-state index < -0.39 is 0 Å². The van der Waals surface area contributed by atoms with E-state index in [4.69, 9.17) is 4.98 Å². The molecule has 164 valence electrons. The van der Waals surface area contributed by atoms with E-state index in [1.165, 1.54) is 11.3 Å². The Labute approximate surface area is 192 Å². The Morgan fingerprint density at radius 2 is 1.97 bits per heavy atom. The minimum absolute atomic E-state index is 0.170. The summed E-state index contributed by atoms with van der Waals surface area (Å²) < 4.78 is 2.42. The quantitative estimate of drug-likeness (QED) is 0.343. The molecule has 1 atom stereocenters. The molecule has 1 unspecified atom stereocenters. The van der Waals surface area contributed by atoms with Crippen molar-refractivity contribution in [2.75, 3.05) is 4.31 Å². The Hall–Kier alpha value is -2.32. The lowest BCUT2D eigenvalue weighted by Gasteiger charge is -2.35. The Morgan fingerprint density at radius 3 is 2.52 bits per heavy atom. The highest BCUT2D eigenvalue weighted by Gasteiger charge is 2.28. The summed E-state index contributed by atoms with van der Waals surface area (Å²) in [6.45, 7) is 13.3. The number of aryl methyl sites for hydroxylation is 1. The number of allylic oxidation sites excluding steroid dienone is 1. The average Bonchev–Trinajstić information content (AvgIpc) is 2.83. The molecule has 0 spiro atoms. The summed E-state index contributed by atoms with van der Waals surface area (Å²) in [4.78, 5) is 4.72. The van der Waals surface area contributed by atoms with Gasteiger partial charge in [0.2, 0.25) is 0 Å². The number of nitrogens with zero attached hydrogens (tertiary/aromatic N) is 3. The third kappa shape index (κ3) is 6.84. The second-order valence-electron chi connectivity index (χ2n) is 7.87. The van der Waals surface area contributed by atoms with Crippen LogP contribution in [-0.2, 0) is 6.54 Å². The van der Waals surface area contributed by atoms with Crippen LogP contribution in [0.25, 0.3) is 5.57 Å². The van der Waals surface area contributed by atoms with Crippen LogP contribution >= 0.6 is 10.7 Å². The lowest BCUT2D eigenvalue weighted by atomic mass is 9.43. The van der Waals surface area contributed by atoms with E-state index in [0.29, 0.717) is 5.25 Å². The SMILES string of the molecule is C=C(CC)c1ccc(CN(c2cccc(C)c2)S(=C)C2CCB(C#N)CC2)nc1.CC. The molecule has 1 saturated heterocycles. The Kier molecular flexibility index (Phi) is 10.1. The van der Waals surface area contributed by atoms with E-state index in [0.717, 1.165) is 55.3 Å². The molecule has 31 heavy (non-hydrogen) atoms. The first-order valence-corrected chi connectivity index (χ1v) is 12.8. The zero-order chi connectivity index (χ0) is 22.8. The zero-order valence-corrected chi connectivity index (χ0v) is 20.4. The van der Waals surface area contributed by atoms with Crippen LogP contribution in [0, 0.1) is 18.2 Å². The number of hydrogen-bond acceptors (Lipinski definition) is 3. The Morgan fingerprint density at radius 1 is 1.26 bits per heavy atom. The van der Waals surface area contributed by atoms with Crippen molar-refractivity contribution in [3.05, 3.63) is 66.0 Å². The van der Waals surface area contributed by atoms with Crippen LogP contribution in [-0.4, -0.2) is 22.8 Å². The van der Waals surface area contributed by atoms with Crippen molar-refractivity contribution in [1.29, 1.82) is 5.26 Å². The summed E-state index contributed by atoms with van der Waals surface area (Å²) >= 11 is 0. The third-order valence-corrected chi connectivity index (χ3v) is 7.93. The van der Waals surface area contributed by atoms with Gasteiger partial charge in [-0.1, -0.05) is 74.7 Å². The standard InChI is InChI=1S/C24H30BN3S.C2H6/c1-5-20(3)21-9-10-22(27-16-21)17-28(23-8-6-7-19(2)15-23)29(4)24-11-13-25(18-26)14-12-24;1-2/h6-10,15-16,24H,3-5,11-14,17H2,1-2H3;1-2H3. The van der Waals surface area contributed by atoms with E-state index in [1.54, 1.807) is 0 Å². The minimum Gasteiger partial charge on any atom is -0.316 e. The zero-order valence-electron chi connectivity index (χ0n) is 19.6. The highest BCUT2D eigenvalue weighted by atomic mass is 32.2. The molecule has 1 aliphatic heterocycles. The molecular weight excluding hydrogens is 397 g/mol. The molecule has 0 aliphatic carbocycles. The van der Waals surface area contributed by atoms with Crippen LogP contribution in [0.3, 0.4) is 0 Å². The normalized spacial score (nSPS) is 14.7. The molecule has 0 amide bonds. The molecule has 2 aromatic rings. The van der Waals surface area contributed by atoms with Gasteiger partial charge in [-0.3, -0.25) is 4.98 Å². The van der Waals surface area contributed by atoms with Gasteiger partial charge in [-0.25, -0.2) is 5.26 Å². The molecule has 1 fully saturated rings. The van der Waals surface area contributed by atoms with Gasteiger partial charge in [-0.05, 0) is 61.1 Å². The number of hydrogen-bond donors (Lipinski definition) is 0. The van der Waals surface area contributed by atoms with Crippen molar-refractivity contribution >= 4 is 34.5 Å². The van der Waals surface area contributed by atoms with E-state index in [2.05, 4.69) is 73.0 Å². The number of pyridine rings is 1. The third-order valence-electron chi connectivity index (χ3n) is 5.78. The molecular formula is C26H36BN3S. The summed E-state index contributed by atoms with van der Waals surface area (Å²) in [5.41, 5.74) is 5.73. The first-order valence-electron chi connectivity index (χ1n) is 11.4. The van der Waals surface area contributed by atoms with Gasteiger partial charge in [0.05, 0.1) is 12.2 Å². The van der Waals surface area contributed by atoms with Gasteiger partial charge in [0.25, 0.3) is 6.71 Å². The summed E-state index contributed by atoms with van der Waals surface area (Å²) in [6, 6.07) is 12.9. The number of anilines is 1. The van der Waals surface area contributed by atoms with Gasteiger partial charge in [0, 0.05) is 23.1 Å². The minimum atomic E-state index is -0.170. The molecule has 5 heteroatoms. The summed E-state index contributed by atoms with van der Waals surface area (Å²) in [5.74, 6) is 7.05. The molecule has 1 aliphatic rings. The predicted octanol–water partition coefficient (Wildman–Crippen LogP) is 7.18. The first-order chi connectivity index (χ1) is 15.0. The van der Waals surface area contributed by atoms with Gasteiger partial charge < -0.3 is 4.31 Å². The molecule has 0 radical (unpaired) electrons. The van der Waals surface area contributed by atoms with Crippen LogP contribution in [0.4, 0.5) is 5.69 Å². The van der Waals surface area contributed by atoms with Crippen LogP contribution in [0.1, 0.15) is 56.9 Å². The number of nitriles is 1. The fourth-order valence-electron chi connectivity index (χ4n) is 3.82. The van der Waals surface area contributed by atoms with Crippen LogP contribution in [0.15, 0.2) is 49.2 Å². The summed E-state index contributed by atoms with van der Waals surface area (Å²) in [6.07, 6.45) is 7.02. The highest BCUT2D eigenvalue weighted by molar-refractivity contribution is 8.15. The van der Waals surface area contributed by atoms with Crippen LogP contribution in [0.5, 0.6) is 0 Å². The molecule has 0 saturated carbocycles. The smallest absolute Gasteiger partial charge is 0.267 e. The van der Waals surface area contributed by atoms with Gasteiger partial charge in [0.1, 0.15) is 0 Å². The van der Waals surface area contributed by atoms with Crippen molar-refractivity contribution in [1.82, 2.24) is 4.98 Å². The second-order valence-corrected chi connectivity index (χ2v) is 9.78. The number of rotatable bonds is 7. The monoisotopic (exact) mass is 433 g/mol. The summed E-state index contributed by atoms with van der Waals surface area (Å²) in [7, 11) is -0.170. The van der Waals surface area contributed by atoms with E-state index in [9.17, 15) is 5.26 Å². The van der Waals surface area contributed by atoms with Crippen LogP contribution in [0.2, 0.25) is 12.6 Å². The molecule has 3 rings (SSSR count). The first kappa shape index (κ1) is 24.9. The van der Waals surface area contributed by atoms with Gasteiger partial charge in [-0.15, -0.1) is 0 Å². The van der Waals surface area contributed by atoms with Crippen molar-refractivity contribution < 1.29 is 0 Å². The molecule has 3 nitrogen and oxygen atoms in total. The van der Waals surface area contributed by atoms with Crippen molar-refractivity contribution in [2.24, 2.45) is 0 Å². The maximum Gasteiger partial charge on any atom is 0.267 e. The van der Waals surface area contributed by atoms with E-state index in [-0.39, 0.29) is 17.4 Å². The predicted molar refractivity (Wildman–Crippen MR) is 141 cm³/mol. The molecule has 2 heterocycles. The maximum absolute atomic E-state index is 9.22. The Balaban J connectivity index is 0.00000166. The number of benzene rings is 1. The highest BCUT2D eigenvalue weighted by Crippen LogP contribution is 2.39. The summed E-state index contributed by atoms with van der Waals surface area (Å²) in [5, 5.41) is 9.75. The van der Waals surface area contributed by atoms with Crippen molar-refractivity contribution in [3.63, 3.8) is 0 Å². The van der Waals surface area contributed by atoms with Crippen molar-refractivity contribution in [2.45, 2.75) is 71.4 Å². The molecule has 0 N–H and O–H groups in total. The number of aromatic nitrogens is 1. The topological polar surface area (TPSA) is 39.9 Å². The lowest BCUT2D eigenvalue weighted by Crippen LogP contribution is -2.28. The molecule has 1 aromatic heterocycles. The fourth-order valence-corrected chi connectivity index (χ4v) is 5.67. The molecule has 0 bridgehead atoms. The van der Waals surface area contributed by atoms with Crippen molar-refractivity contribution in [3.8, 4) is 5.97 Å². The van der Waals surface area contributed by atoms with Gasteiger partial charge in [-0.2, -0.15) is 0 Å². The lowest BCUT2D eigenvalue weighted by molar-refractivity contribution is 0.743. The van der Waals surface area contributed by atoms with Gasteiger partial charge >= 0.3 is 0 Å². The second kappa shape index (κ2) is 12.5. The molecule has 1 aromatic carbocycles. The van der Waals surface area contributed by atoms with Crippen LogP contribution < -0.4 is 4.31 Å². The van der Waals surface area contributed by atoms with Gasteiger partial charge in [0.15, 0.2) is 0 Å². The average molecular weight is 433 g/mol. The van der Waals surface area contributed by atoms with E-state index >= 15 is 0 Å². The van der Waals surface area contributed by atoms with E-state index in [1.807, 2.05) is 20.0 Å². The largest absolute Gasteiger partial charge is 0.316 e.